The number of hydrogen-bond donors (Lipinski definition) is 0. The Morgan fingerprint density at radius 1 is 1.20 bits per heavy atom. The summed E-state index contributed by atoms with van der Waals surface area (Å²) in [5.41, 5.74) is 1.70. The number of carbonyl (C=O) groups is 1. The van der Waals surface area contributed by atoms with Crippen LogP contribution in [0.1, 0.15) is 38.7 Å². The highest BCUT2D eigenvalue weighted by atomic mass is 32.1. The van der Waals surface area contributed by atoms with Gasteiger partial charge in [-0.05, 0) is 82.1 Å². The number of thiocarbonyl (C=S) groups is 1. The second-order valence-corrected chi connectivity index (χ2v) is 8.37. The fraction of sp³-hybridized carbons (Fsp3) is 0.348. The Kier molecular flexibility index (Phi) is 4.99. The largest absolute Gasteiger partial charge is 0.488 e. The summed E-state index contributed by atoms with van der Waals surface area (Å²) in [5, 5.41) is 0.326. The third-order valence-electron chi connectivity index (χ3n) is 5.69. The molecule has 1 heterocycles. The van der Waals surface area contributed by atoms with Crippen molar-refractivity contribution < 1.29 is 13.9 Å². The van der Waals surface area contributed by atoms with Crippen LogP contribution in [0.25, 0.3) is 4.85 Å². The second-order valence-electron chi connectivity index (χ2n) is 8.01. The molecule has 2 aromatic carbocycles. The number of rotatable bonds is 4. The van der Waals surface area contributed by atoms with Crippen molar-refractivity contribution >= 4 is 40.3 Å². The van der Waals surface area contributed by atoms with Crippen molar-refractivity contribution in [2.75, 3.05) is 9.80 Å². The maximum Gasteiger partial charge on any atom is 0.259 e. The van der Waals surface area contributed by atoms with Gasteiger partial charge in [0.1, 0.15) is 5.54 Å². The highest BCUT2D eigenvalue weighted by molar-refractivity contribution is 7.81. The smallest absolute Gasteiger partial charge is 0.259 e. The first-order chi connectivity index (χ1) is 14.3. The molecule has 1 aliphatic carbocycles. The van der Waals surface area contributed by atoms with Crippen LogP contribution >= 0.6 is 12.2 Å². The van der Waals surface area contributed by atoms with Crippen molar-refractivity contribution in [2.45, 2.75) is 51.7 Å². The molecule has 4 rings (SSSR count). The van der Waals surface area contributed by atoms with Gasteiger partial charge >= 0.3 is 0 Å². The van der Waals surface area contributed by atoms with Gasteiger partial charge < -0.3 is 9.64 Å². The van der Waals surface area contributed by atoms with E-state index in [1.165, 1.54) is 11.0 Å². The SMILES string of the molecule is [C-]#[N+]c1ccc(N2C(=O)C3(CCC3)N(c3ccc(OC(C)C)c(F)c3)C2=S)cc1C. The van der Waals surface area contributed by atoms with Crippen LogP contribution < -0.4 is 14.5 Å². The van der Waals surface area contributed by atoms with Gasteiger partial charge in [-0.15, -0.1) is 0 Å². The zero-order valence-electron chi connectivity index (χ0n) is 17.1. The summed E-state index contributed by atoms with van der Waals surface area (Å²) in [6, 6.07) is 9.95. The first-order valence-electron chi connectivity index (χ1n) is 9.91. The molecule has 7 heteroatoms. The van der Waals surface area contributed by atoms with E-state index < -0.39 is 11.4 Å². The molecule has 30 heavy (non-hydrogen) atoms. The molecular weight excluding hydrogens is 401 g/mol. The van der Waals surface area contributed by atoms with Gasteiger partial charge in [0.2, 0.25) is 0 Å². The summed E-state index contributed by atoms with van der Waals surface area (Å²) in [7, 11) is 0. The van der Waals surface area contributed by atoms with Crippen LogP contribution in [0.15, 0.2) is 36.4 Å². The molecule has 1 saturated heterocycles. The van der Waals surface area contributed by atoms with Crippen LogP contribution in [-0.2, 0) is 4.79 Å². The van der Waals surface area contributed by atoms with Crippen LogP contribution in [0.4, 0.5) is 21.5 Å². The van der Waals surface area contributed by atoms with Crippen LogP contribution in [0.3, 0.4) is 0 Å². The number of amides is 1. The summed E-state index contributed by atoms with van der Waals surface area (Å²) in [6.07, 6.45) is 2.08. The Morgan fingerprint density at radius 2 is 1.90 bits per heavy atom. The van der Waals surface area contributed by atoms with Crippen LogP contribution in [0, 0.1) is 19.3 Å². The molecule has 0 radical (unpaired) electrons. The molecule has 0 N–H and O–H groups in total. The highest BCUT2D eigenvalue weighted by Gasteiger charge is 2.59. The predicted octanol–water partition coefficient (Wildman–Crippen LogP) is 5.53. The fourth-order valence-electron chi connectivity index (χ4n) is 4.09. The van der Waals surface area contributed by atoms with E-state index in [-0.39, 0.29) is 17.8 Å². The molecule has 5 nitrogen and oxygen atoms in total. The maximum absolute atomic E-state index is 14.7. The first kappa shape index (κ1) is 20.3. The Labute approximate surface area is 180 Å². The van der Waals surface area contributed by atoms with E-state index in [0.29, 0.717) is 35.0 Å². The second kappa shape index (κ2) is 7.37. The molecule has 2 aliphatic rings. The predicted molar refractivity (Wildman–Crippen MR) is 119 cm³/mol. The Bertz CT molecular complexity index is 1090. The van der Waals surface area contributed by atoms with Gasteiger partial charge in [-0.3, -0.25) is 9.69 Å². The minimum absolute atomic E-state index is 0.100. The third kappa shape index (κ3) is 3.03. The zero-order chi connectivity index (χ0) is 21.6. The molecule has 1 amide bonds. The number of benzene rings is 2. The fourth-order valence-corrected chi connectivity index (χ4v) is 4.56. The number of nitrogens with zero attached hydrogens (tertiary/aromatic N) is 3. The summed E-state index contributed by atoms with van der Waals surface area (Å²) in [4.78, 5) is 20.3. The van der Waals surface area contributed by atoms with Gasteiger partial charge in [-0.1, -0.05) is 6.07 Å². The lowest BCUT2D eigenvalue weighted by molar-refractivity contribution is -0.123. The first-order valence-corrected chi connectivity index (χ1v) is 10.3. The molecule has 0 unspecified atom stereocenters. The lowest BCUT2D eigenvalue weighted by Crippen LogP contribution is -2.55. The molecule has 0 aromatic heterocycles. The molecule has 2 fully saturated rings. The molecule has 0 atom stereocenters. The normalized spacial score (nSPS) is 17.5. The summed E-state index contributed by atoms with van der Waals surface area (Å²) >= 11 is 5.72. The van der Waals surface area contributed by atoms with Crippen LogP contribution in [-0.4, -0.2) is 22.7 Å². The summed E-state index contributed by atoms with van der Waals surface area (Å²) < 4.78 is 20.2. The van der Waals surface area contributed by atoms with Crippen molar-refractivity contribution in [3.05, 3.63) is 59.2 Å². The number of aryl methyl sites for hydroxylation is 1. The van der Waals surface area contributed by atoms with Gasteiger partial charge in [0.15, 0.2) is 22.4 Å². The van der Waals surface area contributed by atoms with E-state index in [1.54, 1.807) is 35.2 Å². The number of ether oxygens (including phenoxy) is 1. The van der Waals surface area contributed by atoms with Gasteiger partial charge in [0.25, 0.3) is 5.91 Å². The summed E-state index contributed by atoms with van der Waals surface area (Å²) in [6.45, 7) is 12.7. The lowest BCUT2D eigenvalue weighted by atomic mass is 9.75. The Balaban J connectivity index is 1.75. The van der Waals surface area contributed by atoms with E-state index in [4.69, 9.17) is 23.5 Å². The summed E-state index contributed by atoms with van der Waals surface area (Å²) in [5.74, 6) is -0.409. The maximum atomic E-state index is 14.7. The van der Waals surface area contributed by atoms with Gasteiger partial charge in [-0.2, -0.15) is 0 Å². The Hall–Kier alpha value is -2.98. The molecule has 1 saturated carbocycles. The van der Waals surface area contributed by atoms with Crippen molar-refractivity contribution in [1.29, 1.82) is 0 Å². The van der Waals surface area contributed by atoms with Crippen molar-refractivity contribution in [1.82, 2.24) is 0 Å². The number of hydrogen-bond acceptors (Lipinski definition) is 3. The monoisotopic (exact) mass is 423 g/mol. The Morgan fingerprint density at radius 3 is 2.43 bits per heavy atom. The molecular formula is C23H22FN3O2S. The minimum Gasteiger partial charge on any atom is -0.488 e. The van der Waals surface area contributed by atoms with Crippen molar-refractivity contribution in [2.24, 2.45) is 0 Å². The van der Waals surface area contributed by atoms with Crippen LogP contribution in [0.2, 0.25) is 0 Å². The number of carbonyl (C=O) groups excluding carboxylic acids is 1. The quantitative estimate of drug-likeness (QED) is 0.478. The van der Waals surface area contributed by atoms with E-state index in [1.807, 2.05) is 20.8 Å². The molecule has 1 spiro atoms. The van der Waals surface area contributed by atoms with Crippen molar-refractivity contribution in [3.63, 3.8) is 0 Å². The topological polar surface area (TPSA) is 37.1 Å². The highest BCUT2D eigenvalue weighted by Crippen LogP contribution is 2.48. The third-order valence-corrected chi connectivity index (χ3v) is 6.05. The van der Waals surface area contributed by atoms with Gasteiger partial charge in [-0.25, -0.2) is 9.24 Å². The van der Waals surface area contributed by atoms with Crippen molar-refractivity contribution in [3.8, 4) is 5.75 Å². The molecule has 1 aliphatic heterocycles. The molecule has 2 aromatic rings. The zero-order valence-corrected chi connectivity index (χ0v) is 17.9. The minimum atomic E-state index is -0.781. The van der Waals surface area contributed by atoms with Gasteiger partial charge in [0, 0.05) is 17.4 Å². The van der Waals surface area contributed by atoms with Gasteiger partial charge in [0.05, 0.1) is 12.7 Å². The number of halogens is 1. The van der Waals surface area contributed by atoms with Crippen LogP contribution in [0.5, 0.6) is 5.75 Å². The lowest BCUT2D eigenvalue weighted by Gasteiger charge is -2.43. The standard InChI is InChI=1S/C23H22FN3O2S/c1-14(2)29-20-9-7-17(13-18(20)24)27-22(30)26(21(28)23(27)10-5-11-23)16-6-8-19(25-4)15(3)12-16/h6-9,12-14H,5,10-11H2,1-3H3. The van der Waals surface area contributed by atoms with E-state index >= 15 is 0 Å². The number of anilines is 2. The van der Waals surface area contributed by atoms with E-state index in [0.717, 1.165) is 12.0 Å². The molecule has 154 valence electrons. The average Bonchev–Trinajstić information content (AvgIpc) is 2.90. The molecule has 0 bridgehead atoms. The van der Waals surface area contributed by atoms with E-state index in [2.05, 4.69) is 4.85 Å². The van der Waals surface area contributed by atoms with E-state index in [9.17, 15) is 9.18 Å². The average molecular weight is 424 g/mol.